The molecule has 1 amide bonds. The Morgan fingerprint density at radius 3 is 2.65 bits per heavy atom. The number of rotatable bonds is 8. The summed E-state index contributed by atoms with van der Waals surface area (Å²) in [4.78, 5) is 24.5. The Kier molecular flexibility index (Phi) is 7.10. The zero-order valence-electron chi connectivity index (χ0n) is 12.6. The Hall–Kier alpha value is -1.85. The first-order chi connectivity index (χ1) is 11.1. The van der Waals surface area contributed by atoms with Crippen LogP contribution in [0.4, 0.5) is 0 Å². The Bertz CT molecular complexity index is 626. The van der Waals surface area contributed by atoms with Crippen molar-refractivity contribution in [2.75, 3.05) is 6.61 Å². The maximum atomic E-state index is 11.6. The molecular formula is C17H18ClNO3S. The van der Waals surface area contributed by atoms with E-state index in [0.717, 1.165) is 18.4 Å². The number of hydrogen-bond acceptors (Lipinski definition) is 4. The van der Waals surface area contributed by atoms with Gasteiger partial charge in [0.05, 0.1) is 0 Å². The van der Waals surface area contributed by atoms with Crippen LogP contribution in [0.5, 0.6) is 0 Å². The highest BCUT2D eigenvalue weighted by Gasteiger charge is 2.07. The molecule has 1 aromatic heterocycles. The van der Waals surface area contributed by atoms with Gasteiger partial charge in [0.2, 0.25) is 0 Å². The van der Waals surface area contributed by atoms with Gasteiger partial charge in [-0.15, -0.1) is 11.3 Å². The van der Waals surface area contributed by atoms with Crippen LogP contribution in [-0.4, -0.2) is 18.5 Å². The Labute approximate surface area is 144 Å². The average molecular weight is 352 g/mol. The van der Waals surface area contributed by atoms with Crippen molar-refractivity contribution in [2.24, 2.45) is 0 Å². The minimum atomic E-state index is -0.344. The predicted molar refractivity (Wildman–Crippen MR) is 91.5 cm³/mol. The largest absolute Gasteiger partial charge is 0.456 e. The lowest BCUT2D eigenvalue weighted by Crippen LogP contribution is -2.28. The van der Waals surface area contributed by atoms with Crippen LogP contribution in [0.1, 0.15) is 23.3 Å². The lowest BCUT2D eigenvalue weighted by Gasteiger charge is -2.07. The molecule has 0 spiro atoms. The summed E-state index contributed by atoms with van der Waals surface area (Å²) in [6, 6.07) is 11.2. The molecule has 2 aromatic rings. The molecule has 23 heavy (non-hydrogen) atoms. The quantitative estimate of drug-likeness (QED) is 0.739. The van der Waals surface area contributed by atoms with Crippen LogP contribution >= 0.6 is 22.9 Å². The lowest BCUT2D eigenvalue weighted by atomic mass is 10.2. The maximum absolute atomic E-state index is 11.6. The van der Waals surface area contributed by atoms with Crippen molar-refractivity contribution < 1.29 is 14.3 Å². The highest BCUT2D eigenvalue weighted by atomic mass is 35.5. The predicted octanol–water partition coefficient (Wildman–Crippen LogP) is 3.58. The highest BCUT2D eigenvalue weighted by molar-refractivity contribution is 7.09. The molecule has 0 unspecified atom stereocenters. The van der Waals surface area contributed by atoms with E-state index in [0.29, 0.717) is 18.0 Å². The van der Waals surface area contributed by atoms with Gasteiger partial charge >= 0.3 is 5.97 Å². The molecule has 6 heteroatoms. The van der Waals surface area contributed by atoms with Crippen LogP contribution in [0, 0.1) is 0 Å². The Balaban J connectivity index is 1.58. The third kappa shape index (κ3) is 6.84. The van der Waals surface area contributed by atoms with Gasteiger partial charge in [-0.05, 0) is 42.0 Å². The third-order valence-corrected chi connectivity index (χ3v) is 4.34. The molecule has 1 N–H and O–H groups in total. The van der Waals surface area contributed by atoms with E-state index >= 15 is 0 Å². The van der Waals surface area contributed by atoms with Gasteiger partial charge in [-0.3, -0.25) is 9.59 Å². The lowest BCUT2D eigenvalue weighted by molar-refractivity contribution is -0.148. The van der Waals surface area contributed by atoms with Gasteiger partial charge in [0, 0.05) is 22.9 Å². The molecule has 0 aliphatic heterocycles. The molecule has 122 valence electrons. The standard InChI is InChI=1S/C17H18ClNO3S/c18-14-8-6-13(7-9-14)11-19-16(20)12-22-17(21)5-1-3-15-4-2-10-23-15/h2,4,6-10H,1,3,5,11-12H2,(H,19,20). The summed E-state index contributed by atoms with van der Waals surface area (Å²) in [5, 5.41) is 5.36. The number of halogens is 1. The second-order valence-corrected chi connectivity index (χ2v) is 6.47. The van der Waals surface area contributed by atoms with Crippen molar-refractivity contribution in [1.29, 1.82) is 0 Å². The van der Waals surface area contributed by atoms with Crippen molar-refractivity contribution in [3.05, 3.63) is 57.2 Å². The van der Waals surface area contributed by atoms with E-state index in [4.69, 9.17) is 16.3 Å². The van der Waals surface area contributed by atoms with E-state index in [-0.39, 0.29) is 18.5 Å². The summed E-state index contributed by atoms with van der Waals surface area (Å²) in [7, 11) is 0. The zero-order valence-corrected chi connectivity index (χ0v) is 14.2. The molecule has 0 saturated carbocycles. The molecule has 0 aliphatic carbocycles. The molecule has 0 bridgehead atoms. The van der Waals surface area contributed by atoms with Crippen LogP contribution in [0.25, 0.3) is 0 Å². The summed E-state index contributed by atoms with van der Waals surface area (Å²) in [6.07, 6.45) is 1.91. The van der Waals surface area contributed by atoms with Gasteiger partial charge < -0.3 is 10.1 Å². The summed E-state index contributed by atoms with van der Waals surface area (Å²) in [5.41, 5.74) is 0.935. The number of aryl methyl sites for hydroxylation is 1. The second kappa shape index (κ2) is 9.33. The topological polar surface area (TPSA) is 55.4 Å². The van der Waals surface area contributed by atoms with E-state index in [9.17, 15) is 9.59 Å². The fourth-order valence-electron chi connectivity index (χ4n) is 1.93. The van der Waals surface area contributed by atoms with Crippen LogP contribution in [0.3, 0.4) is 0 Å². The van der Waals surface area contributed by atoms with Gasteiger partial charge in [0.25, 0.3) is 5.91 Å². The van der Waals surface area contributed by atoms with Crippen LogP contribution in [0.2, 0.25) is 5.02 Å². The number of ether oxygens (including phenoxy) is 1. The van der Waals surface area contributed by atoms with Crippen LogP contribution in [-0.2, 0) is 27.3 Å². The molecule has 4 nitrogen and oxygen atoms in total. The molecule has 0 fully saturated rings. The van der Waals surface area contributed by atoms with Crippen molar-refractivity contribution in [3.8, 4) is 0 Å². The van der Waals surface area contributed by atoms with E-state index in [2.05, 4.69) is 5.32 Å². The minimum Gasteiger partial charge on any atom is -0.456 e. The first-order valence-electron chi connectivity index (χ1n) is 7.32. The third-order valence-electron chi connectivity index (χ3n) is 3.15. The summed E-state index contributed by atoms with van der Waals surface area (Å²) in [6.45, 7) is 0.136. The zero-order chi connectivity index (χ0) is 16.5. The van der Waals surface area contributed by atoms with E-state index in [1.54, 1.807) is 23.5 Å². The fraction of sp³-hybridized carbons (Fsp3) is 0.294. The van der Waals surface area contributed by atoms with Gasteiger partial charge in [0.15, 0.2) is 6.61 Å². The van der Waals surface area contributed by atoms with Crippen molar-refractivity contribution >= 4 is 34.8 Å². The summed E-state index contributed by atoms with van der Waals surface area (Å²) in [5.74, 6) is -0.658. The fourth-order valence-corrected chi connectivity index (χ4v) is 2.81. The minimum absolute atomic E-state index is 0.245. The number of amides is 1. The summed E-state index contributed by atoms with van der Waals surface area (Å²) >= 11 is 7.46. The van der Waals surface area contributed by atoms with E-state index in [1.807, 2.05) is 29.6 Å². The maximum Gasteiger partial charge on any atom is 0.306 e. The number of nitrogens with one attached hydrogen (secondary N) is 1. The average Bonchev–Trinajstić information content (AvgIpc) is 3.06. The highest BCUT2D eigenvalue weighted by Crippen LogP contribution is 2.12. The van der Waals surface area contributed by atoms with Gasteiger partial charge in [-0.25, -0.2) is 0 Å². The van der Waals surface area contributed by atoms with Crippen LogP contribution < -0.4 is 5.32 Å². The molecule has 0 atom stereocenters. The van der Waals surface area contributed by atoms with Gasteiger partial charge in [0.1, 0.15) is 0 Å². The van der Waals surface area contributed by atoms with Crippen LogP contribution in [0.15, 0.2) is 41.8 Å². The molecule has 0 radical (unpaired) electrons. The number of benzene rings is 1. The molecular weight excluding hydrogens is 334 g/mol. The molecule has 0 aliphatic rings. The van der Waals surface area contributed by atoms with Crippen molar-refractivity contribution in [3.63, 3.8) is 0 Å². The summed E-state index contributed by atoms with van der Waals surface area (Å²) < 4.78 is 4.96. The monoisotopic (exact) mass is 351 g/mol. The van der Waals surface area contributed by atoms with Crippen molar-refractivity contribution in [2.45, 2.75) is 25.8 Å². The Morgan fingerprint density at radius 1 is 1.17 bits per heavy atom. The normalized spacial score (nSPS) is 10.3. The molecule has 2 rings (SSSR count). The van der Waals surface area contributed by atoms with Gasteiger partial charge in [-0.2, -0.15) is 0 Å². The van der Waals surface area contributed by atoms with Crippen molar-refractivity contribution in [1.82, 2.24) is 5.32 Å². The number of thiophene rings is 1. The van der Waals surface area contributed by atoms with E-state index < -0.39 is 0 Å². The molecule has 0 saturated heterocycles. The number of carbonyl (C=O) groups is 2. The second-order valence-electron chi connectivity index (χ2n) is 5.00. The first kappa shape index (κ1) is 17.5. The van der Waals surface area contributed by atoms with Gasteiger partial charge in [-0.1, -0.05) is 29.8 Å². The Morgan fingerprint density at radius 2 is 1.96 bits per heavy atom. The smallest absolute Gasteiger partial charge is 0.306 e. The SMILES string of the molecule is O=C(COC(=O)CCCc1cccs1)NCc1ccc(Cl)cc1. The number of carbonyl (C=O) groups excluding carboxylic acids is 2. The van der Waals surface area contributed by atoms with E-state index in [1.165, 1.54) is 4.88 Å². The first-order valence-corrected chi connectivity index (χ1v) is 8.58. The number of esters is 1. The number of hydrogen-bond donors (Lipinski definition) is 1. The molecule has 1 aromatic carbocycles. The molecule has 1 heterocycles.